The van der Waals surface area contributed by atoms with Crippen LogP contribution < -0.4 is 5.32 Å². The van der Waals surface area contributed by atoms with Crippen molar-refractivity contribution in [3.8, 4) is 0 Å². The fourth-order valence-electron chi connectivity index (χ4n) is 2.32. The summed E-state index contributed by atoms with van der Waals surface area (Å²) in [5, 5.41) is 2.52. The summed E-state index contributed by atoms with van der Waals surface area (Å²) in [6, 6.07) is -1.54. The van der Waals surface area contributed by atoms with Gasteiger partial charge in [0.1, 0.15) is 17.2 Å². The predicted molar refractivity (Wildman–Crippen MR) is 106 cm³/mol. The molecule has 1 aliphatic heterocycles. The first-order chi connectivity index (χ1) is 14.5. The molecule has 1 saturated heterocycles. The zero-order chi connectivity index (χ0) is 24.9. The van der Waals surface area contributed by atoms with Crippen molar-refractivity contribution in [3.63, 3.8) is 0 Å². The SMILES string of the molecule is C[C@H](OC(=O)[C@H](CC(=O)OC(C)(C)C)NC(=O)OC(C)(C)C)C(=O)ON1C(=O)CCC1=O. The Morgan fingerprint density at radius 3 is 1.88 bits per heavy atom. The molecular weight excluding hydrogens is 428 g/mol. The molecular formula is C20H30N2O10. The third-order valence-corrected chi connectivity index (χ3v) is 3.58. The topological polar surface area (TPSA) is 155 Å². The first-order valence-corrected chi connectivity index (χ1v) is 9.98. The number of hydrogen-bond donors (Lipinski definition) is 1. The van der Waals surface area contributed by atoms with Gasteiger partial charge in [-0.25, -0.2) is 14.4 Å². The Hall–Kier alpha value is -3.18. The summed E-state index contributed by atoms with van der Waals surface area (Å²) in [5.74, 6) is -4.54. The second kappa shape index (κ2) is 10.4. The van der Waals surface area contributed by atoms with Gasteiger partial charge < -0.3 is 24.4 Å². The van der Waals surface area contributed by atoms with Crippen molar-refractivity contribution in [2.45, 2.75) is 91.1 Å². The maximum atomic E-state index is 12.6. The Morgan fingerprint density at radius 1 is 0.906 bits per heavy atom. The second-order valence-corrected chi connectivity index (χ2v) is 9.06. The number of nitrogens with one attached hydrogen (secondary N) is 1. The Labute approximate surface area is 185 Å². The number of hydrogen-bond acceptors (Lipinski definition) is 10. The van der Waals surface area contributed by atoms with Crippen LogP contribution >= 0.6 is 0 Å². The molecule has 1 fully saturated rings. The Kier molecular flexibility index (Phi) is 8.75. The summed E-state index contributed by atoms with van der Waals surface area (Å²) < 4.78 is 15.2. The molecule has 1 N–H and O–H groups in total. The zero-order valence-electron chi connectivity index (χ0n) is 19.3. The quantitative estimate of drug-likeness (QED) is 0.334. The van der Waals surface area contributed by atoms with E-state index < -0.39 is 65.6 Å². The summed E-state index contributed by atoms with van der Waals surface area (Å²) in [5.41, 5.74) is -1.72. The van der Waals surface area contributed by atoms with Crippen LogP contribution in [0, 0.1) is 0 Å². The van der Waals surface area contributed by atoms with Crippen LogP contribution in [0.3, 0.4) is 0 Å². The number of carbonyl (C=O) groups is 6. The molecule has 0 aromatic carbocycles. The predicted octanol–water partition coefficient (Wildman–Crippen LogP) is 1.15. The molecule has 1 heterocycles. The van der Waals surface area contributed by atoms with E-state index in [0.717, 1.165) is 6.92 Å². The van der Waals surface area contributed by atoms with Gasteiger partial charge in [-0.2, -0.15) is 0 Å². The van der Waals surface area contributed by atoms with Crippen LogP contribution in [0.15, 0.2) is 0 Å². The van der Waals surface area contributed by atoms with Crippen molar-refractivity contribution in [3.05, 3.63) is 0 Å². The molecule has 0 bridgehead atoms. The van der Waals surface area contributed by atoms with Gasteiger partial charge in [0, 0.05) is 12.8 Å². The van der Waals surface area contributed by atoms with E-state index in [1.165, 1.54) is 0 Å². The zero-order valence-corrected chi connectivity index (χ0v) is 19.3. The van der Waals surface area contributed by atoms with E-state index in [0.29, 0.717) is 5.06 Å². The number of ether oxygens (including phenoxy) is 3. The normalized spacial score (nSPS) is 16.2. The van der Waals surface area contributed by atoms with Gasteiger partial charge in [0.05, 0.1) is 6.42 Å². The van der Waals surface area contributed by atoms with E-state index in [1.54, 1.807) is 41.5 Å². The molecule has 0 spiro atoms. The van der Waals surface area contributed by atoms with Crippen LogP contribution in [-0.2, 0) is 43.0 Å². The second-order valence-electron chi connectivity index (χ2n) is 9.06. The molecule has 2 atom stereocenters. The number of amides is 3. The number of alkyl carbamates (subject to hydrolysis) is 1. The van der Waals surface area contributed by atoms with Gasteiger partial charge in [-0.05, 0) is 48.5 Å². The number of esters is 2. The van der Waals surface area contributed by atoms with Crippen LogP contribution in [0.4, 0.5) is 4.79 Å². The van der Waals surface area contributed by atoms with E-state index in [4.69, 9.17) is 14.2 Å². The molecule has 0 saturated carbocycles. The highest BCUT2D eigenvalue weighted by molar-refractivity contribution is 6.01. The molecule has 0 unspecified atom stereocenters. The minimum Gasteiger partial charge on any atom is -0.460 e. The van der Waals surface area contributed by atoms with Gasteiger partial charge in [-0.1, -0.05) is 0 Å². The van der Waals surface area contributed by atoms with Crippen LogP contribution in [0.2, 0.25) is 0 Å². The van der Waals surface area contributed by atoms with E-state index in [-0.39, 0.29) is 12.8 Å². The molecule has 0 aromatic rings. The molecule has 0 aromatic heterocycles. The fraction of sp³-hybridized carbons (Fsp3) is 0.700. The minimum atomic E-state index is -1.55. The number of imide groups is 1. The summed E-state index contributed by atoms with van der Waals surface area (Å²) in [6.07, 6.45) is -3.34. The lowest BCUT2D eigenvalue weighted by molar-refractivity contribution is -0.205. The van der Waals surface area contributed by atoms with Gasteiger partial charge >= 0.3 is 24.0 Å². The lowest BCUT2D eigenvalue weighted by atomic mass is 10.1. The highest BCUT2D eigenvalue weighted by atomic mass is 16.7. The first-order valence-electron chi connectivity index (χ1n) is 9.98. The van der Waals surface area contributed by atoms with Crippen molar-refractivity contribution in [2.24, 2.45) is 0 Å². The van der Waals surface area contributed by atoms with Gasteiger partial charge in [-0.3, -0.25) is 14.4 Å². The third-order valence-electron chi connectivity index (χ3n) is 3.58. The maximum Gasteiger partial charge on any atom is 0.408 e. The van der Waals surface area contributed by atoms with Crippen molar-refractivity contribution in [2.75, 3.05) is 0 Å². The molecule has 12 heteroatoms. The third kappa shape index (κ3) is 9.31. The highest BCUT2D eigenvalue weighted by Gasteiger charge is 2.36. The summed E-state index contributed by atoms with van der Waals surface area (Å²) >= 11 is 0. The van der Waals surface area contributed by atoms with Crippen molar-refractivity contribution < 1.29 is 47.8 Å². The van der Waals surface area contributed by atoms with E-state index in [9.17, 15) is 28.8 Å². The minimum absolute atomic E-state index is 0.0992. The molecule has 1 aliphatic rings. The monoisotopic (exact) mass is 458 g/mol. The Bertz CT molecular complexity index is 732. The van der Waals surface area contributed by atoms with Crippen molar-refractivity contribution >= 4 is 35.8 Å². The number of rotatable bonds is 7. The first kappa shape index (κ1) is 26.9. The van der Waals surface area contributed by atoms with Crippen molar-refractivity contribution in [1.29, 1.82) is 0 Å². The van der Waals surface area contributed by atoms with Crippen LogP contribution in [0.25, 0.3) is 0 Å². The number of hydroxylamine groups is 2. The van der Waals surface area contributed by atoms with Crippen LogP contribution in [0.1, 0.15) is 67.7 Å². The Morgan fingerprint density at radius 2 is 1.41 bits per heavy atom. The molecule has 0 aliphatic carbocycles. The molecule has 12 nitrogen and oxygen atoms in total. The highest BCUT2D eigenvalue weighted by Crippen LogP contribution is 2.15. The molecule has 180 valence electrons. The summed E-state index contributed by atoms with van der Waals surface area (Å²) in [7, 11) is 0. The molecule has 1 rings (SSSR count). The van der Waals surface area contributed by atoms with Gasteiger partial charge in [0.25, 0.3) is 11.8 Å². The molecule has 3 amide bonds. The largest absolute Gasteiger partial charge is 0.460 e. The average Bonchev–Trinajstić information content (AvgIpc) is 2.89. The average molecular weight is 458 g/mol. The smallest absolute Gasteiger partial charge is 0.408 e. The van der Waals surface area contributed by atoms with Crippen molar-refractivity contribution in [1.82, 2.24) is 10.4 Å². The van der Waals surface area contributed by atoms with Gasteiger partial charge in [-0.15, -0.1) is 5.06 Å². The summed E-state index contributed by atoms with van der Waals surface area (Å²) in [4.78, 5) is 76.7. The number of nitrogens with zero attached hydrogens (tertiary/aromatic N) is 1. The Balaban J connectivity index is 2.84. The maximum absolute atomic E-state index is 12.6. The molecule has 0 radical (unpaired) electrons. The lowest BCUT2D eigenvalue weighted by Gasteiger charge is -2.25. The lowest BCUT2D eigenvalue weighted by Crippen LogP contribution is -2.47. The van der Waals surface area contributed by atoms with E-state index in [2.05, 4.69) is 10.2 Å². The van der Waals surface area contributed by atoms with Gasteiger partial charge in [0.2, 0.25) is 0 Å². The van der Waals surface area contributed by atoms with E-state index >= 15 is 0 Å². The van der Waals surface area contributed by atoms with Crippen LogP contribution in [-0.4, -0.2) is 64.2 Å². The van der Waals surface area contributed by atoms with Crippen LogP contribution in [0.5, 0.6) is 0 Å². The van der Waals surface area contributed by atoms with E-state index in [1.807, 2.05) is 0 Å². The fourth-order valence-corrected chi connectivity index (χ4v) is 2.32. The number of carbonyl (C=O) groups excluding carboxylic acids is 6. The molecule has 32 heavy (non-hydrogen) atoms. The summed E-state index contributed by atoms with van der Waals surface area (Å²) in [6.45, 7) is 10.8. The standard InChI is InChI=1S/C20H30N2O10/c1-11(16(26)32-22-13(23)8-9-14(22)24)29-17(27)12(10-15(25)30-19(2,3)4)21-18(28)31-20(5,6)7/h11-12H,8-10H2,1-7H3,(H,21,28)/t11-,12-/m0/s1. The van der Waals surface area contributed by atoms with Gasteiger partial charge in [0.15, 0.2) is 6.10 Å².